The number of carbonyl (C=O) groups is 1. The highest BCUT2D eigenvalue weighted by molar-refractivity contribution is 5.97. The highest BCUT2D eigenvalue weighted by Crippen LogP contribution is 2.15. The van der Waals surface area contributed by atoms with Gasteiger partial charge in [0.15, 0.2) is 0 Å². The van der Waals surface area contributed by atoms with Crippen molar-refractivity contribution in [1.29, 1.82) is 0 Å². The van der Waals surface area contributed by atoms with Crippen LogP contribution in [0.15, 0.2) is 59.8 Å². The molecule has 0 fully saturated rings. The molecule has 0 aliphatic heterocycles. The Morgan fingerprint density at radius 2 is 1.84 bits per heavy atom. The second kappa shape index (κ2) is 5.86. The molecule has 0 bridgehead atoms. The molecule has 0 saturated heterocycles. The number of pyridine rings is 1. The fourth-order valence-corrected chi connectivity index (χ4v) is 2.84. The lowest BCUT2D eigenvalue weighted by molar-refractivity contribution is 0.0951. The monoisotopic (exact) mass is 333 g/mol. The van der Waals surface area contributed by atoms with Crippen molar-refractivity contribution in [2.75, 3.05) is 0 Å². The molecule has 1 N–H and O–H groups in total. The molecule has 3 heterocycles. The van der Waals surface area contributed by atoms with Gasteiger partial charge in [-0.1, -0.05) is 0 Å². The Balaban J connectivity index is 1.71. The predicted molar refractivity (Wildman–Crippen MR) is 93.3 cm³/mol. The number of fused-ring (bicyclic) bond motifs is 3. The predicted octanol–water partition coefficient (Wildman–Crippen LogP) is 1.51. The van der Waals surface area contributed by atoms with Crippen LogP contribution in [0.25, 0.3) is 16.6 Å². The van der Waals surface area contributed by atoms with Gasteiger partial charge in [-0.15, -0.1) is 0 Å². The molecular weight excluding hydrogens is 318 g/mol. The van der Waals surface area contributed by atoms with E-state index < -0.39 is 0 Å². The van der Waals surface area contributed by atoms with Crippen molar-refractivity contribution in [3.8, 4) is 0 Å². The Kier molecular flexibility index (Phi) is 3.53. The van der Waals surface area contributed by atoms with Crippen molar-refractivity contribution in [3.05, 3.63) is 76.5 Å². The molecule has 3 aromatic heterocycles. The number of hydrogen-bond donors (Lipinski definition) is 1. The van der Waals surface area contributed by atoms with Gasteiger partial charge in [0.1, 0.15) is 5.52 Å². The number of amides is 1. The van der Waals surface area contributed by atoms with Crippen molar-refractivity contribution >= 4 is 22.5 Å². The molecule has 4 aromatic rings. The van der Waals surface area contributed by atoms with Crippen LogP contribution in [0, 0.1) is 0 Å². The van der Waals surface area contributed by atoms with E-state index in [-0.39, 0.29) is 11.5 Å². The van der Waals surface area contributed by atoms with Crippen LogP contribution in [0.2, 0.25) is 0 Å². The van der Waals surface area contributed by atoms with Crippen molar-refractivity contribution in [2.45, 2.75) is 6.54 Å². The van der Waals surface area contributed by atoms with Gasteiger partial charge in [0.05, 0.1) is 17.2 Å². The minimum atomic E-state index is -0.202. The summed E-state index contributed by atoms with van der Waals surface area (Å²) in [5, 5.41) is 7.07. The van der Waals surface area contributed by atoms with E-state index in [0.29, 0.717) is 23.1 Å². The number of carbonyl (C=O) groups excluding carboxylic acids is 1. The molecule has 0 aliphatic rings. The Bertz CT molecular complexity index is 1140. The smallest absolute Gasteiger partial charge is 0.276 e. The fraction of sp³-hybridized carbons (Fsp3) is 0.111. The number of nitrogens with zero attached hydrogens (tertiary/aromatic N) is 4. The van der Waals surface area contributed by atoms with Gasteiger partial charge in [-0.05, 0) is 42.0 Å². The summed E-state index contributed by atoms with van der Waals surface area (Å²) in [6.07, 6.45) is 4.96. The zero-order valence-corrected chi connectivity index (χ0v) is 13.5. The van der Waals surface area contributed by atoms with Gasteiger partial charge in [-0.3, -0.25) is 14.6 Å². The van der Waals surface area contributed by atoms with Crippen LogP contribution < -0.4 is 10.9 Å². The number of aromatic nitrogens is 4. The summed E-state index contributed by atoms with van der Waals surface area (Å²) in [7, 11) is 1.69. The molecule has 1 amide bonds. The number of aryl methyl sites for hydroxylation is 1. The Labute approximate surface area is 142 Å². The summed E-state index contributed by atoms with van der Waals surface area (Å²) < 4.78 is 3.13. The first-order valence-corrected chi connectivity index (χ1v) is 7.79. The van der Waals surface area contributed by atoms with Crippen LogP contribution in [-0.2, 0) is 13.6 Å². The Morgan fingerprint density at radius 1 is 1.04 bits per heavy atom. The summed E-state index contributed by atoms with van der Waals surface area (Å²) in [4.78, 5) is 28.8. The van der Waals surface area contributed by atoms with E-state index in [1.165, 1.54) is 4.57 Å². The summed E-state index contributed by atoms with van der Waals surface area (Å²) in [5.74, 6) is -0.202. The lowest BCUT2D eigenvalue weighted by atomic mass is 10.1. The second-order valence-corrected chi connectivity index (χ2v) is 5.73. The zero-order valence-electron chi connectivity index (χ0n) is 13.5. The minimum Gasteiger partial charge on any atom is -0.348 e. The van der Waals surface area contributed by atoms with Crippen LogP contribution in [0.5, 0.6) is 0 Å². The number of benzene rings is 1. The van der Waals surface area contributed by atoms with Crippen LogP contribution in [0.1, 0.15) is 15.9 Å². The number of hydrogen-bond acceptors (Lipinski definition) is 4. The van der Waals surface area contributed by atoms with Gasteiger partial charge in [-0.2, -0.15) is 5.10 Å². The molecule has 0 atom stereocenters. The molecule has 0 saturated carbocycles. The minimum absolute atomic E-state index is 0.153. The van der Waals surface area contributed by atoms with Crippen LogP contribution in [0.4, 0.5) is 0 Å². The van der Waals surface area contributed by atoms with Gasteiger partial charge in [0.2, 0.25) is 0 Å². The lowest BCUT2D eigenvalue weighted by Gasteiger charge is -2.10. The molecule has 7 nitrogen and oxygen atoms in total. The second-order valence-electron chi connectivity index (χ2n) is 5.73. The highest BCUT2D eigenvalue weighted by atomic mass is 16.1. The summed E-state index contributed by atoms with van der Waals surface area (Å²) >= 11 is 0. The van der Waals surface area contributed by atoms with E-state index in [1.54, 1.807) is 54.4 Å². The third-order valence-electron chi connectivity index (χ3n) is 4.20. The quantitative estimate of drug-likeness (QED) is 0.616. The maximum absolute atomic E-state index is 12.4. The number of rotatable bonds is 3. The van der Waals surface area contributed by atoms with Crippen LogP contribution in [-0.4, -0.2) is 25.1 Å². The summed E-state index contributed by atoms with van der Waals surface area (Å²) in [6.45, 7) is 0.413. The van der Waals surface area contributed by atoms with Crippen molar-refractivity contribution in [2.24, 2.45) is 7.05 Å². The van der Waals surface area contributed by atoms with E-state index in [2.05, 4.69) is 15.4 Å². The topological polar surface area (TPSA) is 81.3 Å². The average Bonchev–Trinajstić information content (AvgIpc) is 3.14. The molecule has 1 aromatic carbocycles. The maximum atomic E-state index is 12.4. The van der Waals surface area contributed by atoms with Gasteiger partial charge < -0.3 is 9.88 Å². The van der Waals surface area contributed by atoms with E-state index in [4.69, 9.17) is 0 Å². The third-order valence-corrected chi connectivity index (χ3v) is 4.20. The largest absolute Gasteiger partial charge is 0.348 e. The zero-order chi connectivity index (χ0) is 17.4. The molecule has 25 heavy (non-hydrogen) atoms. The summed E-state index contributed by atoms with van der Waals surface area (Å²) in [6, 6.07) is 10.6. The SMILES string of the molecule is Cn1c(=O)c2ccnn2c2ccc(C(=O)NCc3ccncc3)cc21. The maximum Gasteiger partial charge on any atom is 0.276 e. The normalized spacial score (nSPS) is 11.1. The molecule has 7 heteroatoms. The standard InChI is InChI=1S/C18H15N5O2/c1-22-16-10-13(17(24)20-11-12-4-7-19-8-5-12)2-3-14(16)23-15(18(22)25)6-9-21-23/h2-10H,11H2,1H3,(H,20,24). The molecular formula is C18H15N5O2. The van der Waals surface area contributed by atoms with Crippen LogP contribution in [0.3, 0.4) is 0 Å². The first kappa shape index (κ1) is 15.1. The Morgan fingerprint density at radius 3 is 2.64 bits per heavy atom. The molecule has 124 valence electrons. The van der Waals surface area contributed by atoms with E-state index in [1.807, 2.05) is 12.1 Å². The first-order chi connectivity index (χ1) is 12.1. The molecule has 0 spiro atoms. The van der Waals surface area contributed by atoms with E-state index in [0.717, 1.165) is 11.1 Å². The molecule has 0 aliphatic carbocycles. The molecule has 4 rings (SSSR count). The van der Waals surface area contributed by atoms with Gasteiger partial charge in [0.25, 0.3) is 11.5 Å². The number of nitrogens with one attached hydrogen (secondary N) is 1. The lowest BCUT2D eigenvalue weighted by Crippen LogP contribution is -2.24. The van der Waals surface area contributed by atoms with Crippen molar-refractivity contribution < 1.29 is 4.79 Å². The van der Waals surface area contributed by atoms with Gasteiger partial charge >= 0.3 is 0 Å². The van der Waals surface area contributed by atoms with Gasteiger partial charge in [-0.25, -0.2) is 4.52 Å². The first-order valence-electron chi connectivity index (χ1n) is 7.79. The van der Waals surface area contributed by atoms with Crippen LogP contribution >= 0.6 is 0 Å². The molecule has 0 radical (unpaired) electrons. The third kappa shape index (κ3) is 2.55. The van der Waals surface area contributed by atoms with E-state index >= 15 is 0 Å². The Hall–Kier alpha value is -3.48. The fourth-order valence-electron chi connectivity index (χ4n) is 2.84. The van der Waals surface area contributed by atoms with E-state index in [9.17, 15) is 9.59 Å². The van der Waals surface area contributed by atoms with Crippen molar-refractivity contribution in [3.63, 3.8) is 0 Å². The average molecular weight is 333 g/mol. The van der Waals surface area contributed by atoms with Crippen molar-refractivity contribution in [1.82, 2.24) is 24.5 Å². The molecule has 0 unspecified atom stereocenters. The van der Waals surface area contributed by atoms with Gasteiger partial charge in [0, 0.05) is 31.5 Å². The highest BCUT2D eigenvalue weighted by Gasteiger charge is 2.12. The summed E-state index contributed by atoms with van der Waals surface area (Å²) in [5.41, 5.74) is 3.23.